The third-order valence-corrected chi connectivity index (χ3v) is 2.82. The second kappa shape index (κ2) is 5.23. The summed E-state index contributed by atoms with van der Waals surface area (Å²) in [5, 5.41) is 19.4. The van der Waals surface area contributed by atoms with E-state index < -0.39 is 24.0 Å². The number of aliphatic hydroxyl groups is 2. The normalized spacial score (nSPS) is 30.2. The van der Waals surface area contributed by atoms with Gasteiger partial charge in [-0.05, 0) is 33.6 Å². The molecule has 0 spiro atoms. The first-order valence-electron chi connectivity index (χ1n) is 6.12. The van der Waals surface area contributed by atoms with E-state index >= 15 is 0 Å². The van der Waals surface area contributed by atoms with Gasteiger partial charge in [0.25, 0.3) is 0 Å². The Morgan fingerprint density at radius 1 is 1.35 bits per heavy atom. The minimum atomic E-state index is -0.960. The number of carbonyl (C=O) groups excluding carboxylic acids is 1. The van der Waals surface area contributed by atoms with Crippen LogP contribution >= 0.6 is 0 Å². The lowest BCUT2D eigenvalue weighted by atomic mass is 9.97. The van der Waals surface area contributed by atoms with Crippen LogP contribution in [0.5, 0.6) is 0 Å². The minimum Gasteiger partial charge on any atom is -0.444 e. The molecule has 2 N–H and O–H groups in total. The zero-order chi connectivity index (χ0) is 13.2. The molecule has 0 aliphatic carbocycles. The van der Waals surface area contributed by atoms with Gasteiger partial charge in [0.05, 0.1) is 6.10 Å². The molecular weight excluding hydrogens is 222 g/mol. The van der Waals surface area contributed by atoms with Crippen molar-refractivity contribution in [3.63, 3.8) is 0 Å². The van der Waals surface area contributed by atoms with Gasteiger partial charge in [0, 0.05) is 12.5 Å². The van der Waals surface area contributed by atoms with E-state index in [0.717, 1.165) is 0 Å². The van der Waals surface area contributed by atoms with Gasteiger partial charge in [0.1, 0.15) is 11.8 Å². The maximum absolute atomic E-state index is 12.0. The zero-order valence-electron chi connectivity index (χ0n) is 11.0. The van der Waals surface area contributed by atoms with Gasteiger partial charge in [0.15, 0.2) is 0 Å². The van der Waals surface area contributed by atoms with Gasteiger partial charge in [0.2, 0.25) is 0 Å². The average Bonchev–Trinajstić information content (AvgIpc) is 2.12. The van der Waals surface area contributed by atoms with Crippen molar-refractivity contribution < 1.29 is 19.7 Å². The SMILES string of the molecule is CC[C@H]1C[C@H](O)C[C@H](O)N1C(=O)OC(C)(C)C. The summed E-state index contributed by atoms with van der Waals surface area (Å²) in [6.45, 7) is 7.29. The molecule has 0 unspecified atom stereocenters. The summed E-state index contributed by atoms with van der Waals surface area (Å²) in [5.41, 5.74) is -0.578. The first-order valence-corrected chi connectivity index (χ1v) is 6.12. The van der Waals surface area contributed by atoms with Crippen molar-refractivity contribution >= 4 is 6.09 Å². The molecule has 0 aromatic heterocycles. The van der Waals surface area contributed by atoms with Gasteiger partial charge in [-0.25, -0.2) is 4.79 Å². The number of hydrogen-bond donors (Lipinski definition) is 2. The first kappa shape index (κ1) is 14.3. The van der Waals surface area contributed by atoms with Crippen LogP contribution < -0.4 is 0 Å². The first-order chi connectivity index (χ1) is 7.74. The number of ether oxygens (including phenoxy) is 1. The third-order valence-electron chi connectivity index (χ3n) is 2.82. The van der Waals surface area contributed by atoms with Crippen LogP contribution in [0.4, 0.5) is 4.79 Å². The number of rotatable bonds is 1. The van der Waals surface area contributed by atoms with E-state index in [2.05, 4.69) is 0 Å². The molecule has 1 fully saturated rings. The van der Waals surface area contributed by atoms with Crippen molar-refractivity contribution in [3.05, 3.63) is 0 Å². The smallest absolute Gasteiger partial charge is 0.412 e. The van der Waals surface area contributed by atoms with Gasteiger partial charge in [-0.3, -0.25) is 4.90 Å². The fourth-order valence-corrected chi connectivity index (χ4v) is 2.07. The Hall–Kier alpha value is -0.810. The van der Waals surface area contributed by atoms with Crippen molar-refractivity contribution in [1.82, 2.24) is 4.90 Å². The van der Waals surface area contributed by atoms with Gasteiger partial charge in [-0.1, -0.05) is 6.92 Å². The summed E-state index contributed by atoms with van der Waals surface area (Å²) in [4.78, 5) is 13.3. The molecule has 1 aliphatic heterocycles. The zero-order valence-corrected chi connectivity index (χ0v) is 11.0. The van der Waals surface area contributed by atoms with Crippen LogP contribution in [-0.4, -0.2) is 45.2 Å². The summed E-state index contributed by atoms with van der Waals surface area (Å²) in [6.07, 6.45) is -0.647. The van der Waals surface area contributed by atoms with Crippen LogP contribution in [0.25, 0.3) is 0 Å². The molecule has 17 heavy (non-hydrogen) atoms. The summed E-state index contributed by atoms with van der Waals surface area (Å²) in [5.74, 6) is 0. The van der Waals surface area contributed by atoms with E-state index in [0.29, 0.717) is 12.8 Å². The molecule has 1 rings (SSSR count). The number of amides is 1. The Morgan fingerprint density at radius 2 is 1.94 bits per heavy atom. The minimum absolute atomic E-state index is 0.163. The lowest BCUT2D eigenvalue weighted by Gasteiger charge is -2.41. The monoisotopic (exact) mass is 245 g/mol. The van der Waals surface area contributed by atoms with Crippen molar-refractivity contribution in [2.45, 2.75) is 70.9 Å². The quantitative estimate of drug-likeness (QED) is 0.734. The number of likely N-dealkylation sites (tertiary alicyclic amines) is 1. The molecule has 1 heterocycles. The summed E-state index contributed by atoms with van der Waals surface area (Å²) < 4.78 is 5.26. The molecule has 1 amide bonds. The summed E-state index contributed by atoms with van der Waals surface area (Å²) in [6, 6.07) is -0.163. The number of carbonyl (C=O) groups is 1. The topological polar surface area (TPSA) is 70.0 Å². The Balaban J connectivity index is 2.75. The molecule has 1 saturated heterocycles. The Labute approximate surface area is 102 Å². The molecule has 0 aromatic carbocycles. The highest BCUT2D eigenvalue weighted by molar-refractivity contribution is 5.69. The van der Waals surface area contributed by atoms with Crippen LogP contribution in [0, 0.1) is 0 Å². The highest BCUT2D eigenvalue weighted by Gasteiger charge is 2.38. The van der Waals surface area contributed by atoms with Crippen LogP contribution in [0.1, 0.15) is 47.0 Å². The predicted octanol–water partition coefficient (Wildman–Crippen LogP) is 1.48. The largest absolute Gasteiger partial charge is 0.444 e. The predicted molar refractivity (Wildman–Crippen MR) is 63.4 cm³/mol. The molecule has 100 valence electrons. The van der Waals surface area contributed by atoms with Gasteiger partial charge in [-0.15, -0.1) is 0 Å². The molecule has 5 nitrogen and oxygen atoms in total. The highest BCUT2D eigenvalue weighted by atomic mass is 16.6. The summed E-state index contributed by atoms with van der Waals surface area (Å²) in [7, 11) is 0. The fourth-order valence-electron chi connectivity index (χ4n) is 2.07. The molecule has 0 bridgehead atoms. The van der Waals surface area contributed by atoms with Crippen LogP contribution in [0.3, 0.4) is 0 Å². The van der Waals surface area contributed by atoms with Crippen molar-refractivity contribution in [2.24, 2.45) is 0 Å². The highest BCUT2D eigenvalue weighted by Crippen LogP contribution is 2.26. The lowest BCUT2D eigenvalue weighted by Crippen LogP contribution is -2.54. The maximum Gasteiger partial charge on any atom is 0.412 e. The van der Waals surface area contributed by atoms with Gasteiger partial charge < -0.3 is 14.9 Å². The Kier molecular flexibility index (Phi) is 4.38. The van der Waals surface area contributed by atoms with Crippen LogP contribution in [0.15, 0.2) is 0 Å². The second-order valence-corrected chi connectivity index (χ2v) is 5.56. The molecule has 0 aromatic rings. The van der Waals surface area contributed by atoms with E-state index in [9.17, 15) is 15.0 Å². The van der Waals surface area contributed by atoms with E-state index in [1.807, 2.05) is 6.92 Å². The molecule has 0 saturated carbocycles. The van der Waals surface area contributed by atoms with Gasteiger partial charge >= 0.3 is 6.09 Å². The summed E-state index contributed by atoms with van der Waals surface area (Å²) >= 11 is 0. The average molecular weight is 245 g/mol. The molecule has 0 radical (unpaired) electrons. The Bertz CT molecular complexity index is 274. The van der Waals surface area contributed by atoms with E-state index in [4.69, 9.17) is 4.74 Å². The van der Waals surface area contributed by atoms with E-state index in [1.54, 1.807) is 20.8 Å². The van der Waals surface area contributed by atoms with Crippen molar-refractivity contribution in [2.75, 3.05) is 0 Å². The number of nitrogens with zero attached hydrogens (tertiary/aromatic N) is 1. The van der Waals surface area contributed by atoms with E-state index in [1.165, 1.54) is 4.90 Å². The maximum atomic E-state index is 12.0. The lowest BCUT2D eigenvalue weighted by molar-refractivity contribution is -0.0970. The van der Waals surface area contributed by atoms with Crippen LogP contribution in [0.2, 0.25) is 0 Å². The molecule has 5 heteroatoms. The van der Waals surface area contributed by atoms with Crippen LogP contribution in [-0.2, 0) is 4.74 Å². The molecule has 3 atom stereocenters. The molecular formula is C12H23NO4. The number of piperidine rings is 1. The fraction of sp³-hybridized carbons (Fsp3) is 0.917. The van der Waals surface area contributed by atoms with E-state index in [-0.39, 0.29) is 12.5 Å². The standard InChI is InChI=1S/C12H23NO4/c1-5-8-6-9(14)7-10(15)13(8)11(16)17-12(2,3)4/h8-10,14-15H,5-7H2,1-4H3/t8-,9-,10-/m0/s1. The third kappa shape index (κ3) is 3.85. The van der Waals surface area contributed by atoms with Gasteiger partial charge in [-0.2, -0.15) is 0 Å². The number of aliphatic hydroxyl groups excluding tert-OH is 2. The number of hydrogen-bond acceptors (Lipinski definition) is 4. The van der Waals surface area contributed by atoms with Crippen molar-refractivity contribution in [3.8, 4) is 0 Å². The second-order valence-electron chi connectivity index (χ2n) is 5.56. The molecule has 1 aliphatic rings. The van der Waals surface area contributed by atoms with Crippen molar-refractivity contribution in [1.29, 1.82) is 0 Å². The Morgan fingerprint density at radius 3 is 2.41 bits per heavy atom.